The monoisotopic (exact) mass is 477 g/mol. The summed E-state index contributed by atoms with van der Waals surface area (Å²) >= 11 is 0. The van der Waals surface area contributed by atoms with Crippen molar-refractivity contribution < 1.29 is 14.1 Å². The van der Waals surface area contributed by atoms with Gasteiger partial charge in [0.15, 0.2) is 12.4 Å². The van der Waals surface area contributed by atoms with E-state index in [9.17, 15) is 4.79 Å². The van der Waals surface area contributed by atoms with Crippen LogP contribution in [0.4, 0.5) is 11.4 Å². The van der Waals surface area contributed by atoms with Crippen LogP contribution in [0.2, 0.25) is 0 Å². The molecule has 0 bridgehead atoms. The Bertz CT molecular complexity index is 1630. The van der Waals surface area contributed by atoms with Crippen LogP contribution in [-0.4, -0.2) is 26.3 Å². The van der Waals surface area contributed by atoms with E-state index >= 15 is 0 Å². The van der Waals surface area contributed by atoms with E-state index in [-0.39, 0.29) is 12.5 Å². The van der Waals surface area contributed by atoms with Gasteiger partial charge < -0.3 is 19.1 Å². The number of aromatic nitrogens is 3. The molecule has 0 spiro atoms. The van der Waals surface area contributed by atoms with Crippen LogP contribution < -0.4 is 10.1 Å². The number of amides is 1. The third-order valence-electron chi connectivity index (χ3n) is 6.22. The molecule has 1 N–H and O–H groups in total. The molecule has 178 valence electrons. The Morgan fingerprint density at radius 3 is 2.75 bits per heavy atom. The largest absolute Gasteiger partial charge is 0.484 e. The molecule has 0 saturated heterocycles. The number of benzene rings is 3. The minimum Gasteiger partial charge on any atom is -0.484 e. The second-order valence-electron chi connectivity index (χ2n) is 8.78. The van der Waals surface area contributed by atoms with E-state index in [0.29, 0.717) is 23.7 Å². The van der Waals surface area contributed by atoms with E-state index in [1.165, 1.54) is 0 Å². The summed E-state index contributed by atoms with van der Waals surface area (Å²) in [7, 11) is 2.00. The normalized spacial score (nSPS) is 12.4. The number of hydrogen-bond donors (Lipinski definition) is 1. The van der Waals surface area contributed by atoms with Crippen molar-refractivity contribution in [2.75, 3.05) is 5.32 Å². The van der Waals surface area contributed by atoms with Crippen LogP contribution >= 0.6 is 0 Å². The summed E-state index contributed by atoms with van der Waals surface area (Å²) in [5, 5.41) is 7.84. The maximum absolute atomic E-state index is 12.8. The van der Waals surface area contributed by atoms with Crippen molar-refractivity contribution in [2.24, 2.45) is 12.0 Å². The molecule has 5 aromatic rings. The third kappa shape index (κ3) is 4.24. The number of hydrogen-bond acceptors (Lipinski definition) is 6. The van der Waals surface area contributed by atoms with E-state index < -0.39 is 0 Å². The smallest absolute Gasteiger partial charge is 0.264 e. The number of fused-ring (bicyclic) bond motifs is 2. The molecule has 0 aliphatic carbocycles. The molecule has 3 aromatic carbocycles. The number of carbonyl (C=O) groups excluding carboxylic acids is 1. The minimum absolute atomic E-state index is 0.147. The van der Waals surface area contributed by atoms with Crippen LogP contribution in [0.25, 0.3) is 10.9 Å². The van der Waals surface area contributed by atoms with Crippen molar-refractivity contribution in [2.45, 2.75) is 20.0 Å². The number of ether oxygens (including phenoxy) is 1. The van der Waals surface area contributed by atoms with Crippen molar-refractivity contribution in [3.63, 3.8) is 0 Å². The van der Waals surface area contributed by atoms with Gasteiger partial charge in [-0.2, -0.15) is 4.98 Å². The number of aryl methyl sites for hydroxylation is 2. The van der Waals surface area contributed by atoms with E-state index in [4.69, 9.17) is 14.3 Å². The summed E-state index contributed by atoms with van der Waals surface area (Å²) in [5.41, 5.74) is 6.43. The zero-order valence-corrected chi connectivity index (χ0v) is 19.9. The summed E-state index contributed by atoms with van der Waals surface area (Å²) in [6.45, 7) is 1.99. The molecule has 1 aliphatic heterocycles. The van der Waals surface area contributed by atoms with Gasteiger partial charge in [0.1, 0.15) is 5.75 Å². The molecule has 0 radical (unpaired) electrons. The van der Waals surface area contributed by atoms with Gasteiger partial charge in [-0.3, -0.25) is 9.79 Å². The molecule has 36 heavy (non-hydrogen) atoms. The Kier molecular flexibility index (Phi) is 5.33. The quantitative estimate of drug-likeness (QED) is 0.354. The van der Waals surface area contributed by atoms with E-state index in [0.717, 1.165) is 44.9 Å². The van der Waals surface area contributed by atoms with Crippen molar-refractivity contribution in [3.05, 3.63) is 101 Å². The first-order valence-corrected chi connectivity index (χ1v) is 11.6. The lowest BCUT2D eigenvalue weighted by atomic mass is 10.0. The highest BCUT2D eigenvalue weighted by Crippen LogP contribution is 2.32. The van der Waals surface area contributed by atoms with Crippen LogP contribution in [0, 0.1) is 6.92 Å². The van der Waals surface area contributed by atoms with Gasteiger partial charge in [-0.05, 0) is 72.6 Å². The number of nitrogens with zero attached hydrogens (tertiary/aromatic N) is 4. The highest BCUT2D eigenvalue weighted by molar-refractivity contribution is 6.08. The molecule has 1 amide bonds. The fraction of sp³-hybridized carbons (Fsp3) is 0.143. The number of anilines is 1. The van der Waals surface area contributed by atoms with Crippen LogP contribution in [0.1, 0.15) is 33.2 Å². The van der Waals surface area contributed by atoms with Crippen molar-refractivity contribution in [1.29, 1.82) is 0 Å². The maximum atomic E-state index is 12.8. The van der Waals surface area contributed by atoms with Crippen LogP contribution in [-0.2, 0) is 20.1 Å². The first-order chi connectivity index (χ1) is 17.5. The molecular formula is C28H23N5O3. The minimum atomic E-state index is -0.147. The predicted octanol–water partition coefficient (Wildman–Crippen LogP) is 5.38. The van der Waals surface area contributed by atoms with Gasteiger partial charge in [-0.15, -0.1) is 0 Å². The van der Waals surface area contributed by atoms with Gasteiger partial charge in [0.25, 0.3) is 11.8 Å². The molecule has 8 heteroatoms. The van der Waals surface area contributed by atoms with Crippen molar-refractivity contribution in [3.8, 4) is 5.75 Å². The summed E-state index contributed by atoms with van der Waals surface area (Å²) in [4.78, 5) is 21.7. The molecule has 0 fully saturated rings. The molecule has 1 aliphatic rings. The van der Waals surface area contributed by atoms with Crippen molar-refractivity contribution in [1.82, 2.24) is 14.7 Å². The molecule has 2 aromatic heterocycles. The highest BCUT2D eigenvalue weighted by Gasteiger charge is 2.18. The maximum Gasteiger partial charge on any atom is 0.264 e. The van der Waals surface area contributed by atoms with E-state index in [1.54, 1.807) is 6.92 Å². The second kappa shape index (κ2) is 8.81. The second-order valence-corrected chi connectivity index (χ2v) is 8.78. The van der Waals surface area contributed by atoms with Gasteiger partial charge >= 0.3 is 0 Å². The van der Waals surface area contributed by atoms with Gasteiger partial charge in [-0.1, -0.05) is 17.3 Å². The third-order valence-corrected chi connectivity index (χ3v) is 6.22. The first kappa shape index (κ1) is 21.8. The Morgan fingerprint density at radius 1 is 1.08 bits per heavy atom. The average molecular weight is 478 g/mol. The molecule has 6 rings (SSSR count). The first-order valence-electron chi connectivity index (χ1n) is 11.6. The number of carbonyl (C=O) groups is 1. The molecule has 0 saturated carbocycles. The summed E-state index contributed by atoms with van der Waals surface area (Å²) in [6.07, 6.45) is 2.69. The lowest BCUT2D eigenvalue weighted by molar-refractivity contribution is 0.102. The molecule has 3 heterocycles. The average Bonchev–Trinajstić information content (AvgIpc) is 3.61. The molecule has 0 unspecified atom stereocenters. The predicted molar refractivity (Wildman–Crippen MR) is 137 cm³/mol. The Hall–Kier alpha value is -4.72. The van der Waals surface area contributed by atoms with Crippen LogP contribution in [0.15, 0.2) is 82.4 Å². The molecule has 8 nitrogen and oxygen atoms in total. The molecule has 0 atom stereocenters. The van der Waals surface area contributed by atoms with Gasteiger partial charge in [0.05, 0.1) is 11.4 Å². The van der Waals surface area contributed by atoms with Crippen LogP contribution in [0.3, 0.4) is 0 Å². The summed E-state index contributed by atoms with van der Waals surface area (Å²) in [5.74, 6) is 1.60. The van der Waals surface area contributed by atoms with Gasteiger partial charge in [0.2, 0.25) is 0 Å². The highest BCUT2D eigenvalue weighted by atomic mass is 16.5. The fourth-order valence-electron chi connectivity index (χ4n) is 4.35. The Labute approximate surface area is 207 Å². The van der Waals surface area contributed by atoms with Crippen molar-refractivity contribution >= 4 is 33.9 Å². The summed E-state index contributed by atoms with van der Waals surface area (Å²) in [6, 6.07) is 21.3. The zero-order valence-electron chi connectivity index (χ0n) is 19.9. The SMILES string of the molecule is Cc1noc(COc2ccc3c(c2)CC(c2ccc(C(=O)Nc4ccc5c(ccn5C)c4)cc2)=N3)n1. The molecular weight excluding hydrogens is 454 g/mol. The standard InChI is InChI=1S/C28H23N5O3/c1-17-29-27(36-32-17)16-35-23-8-9-24-21(14-23)15-25(31-24)18-3-5-19(6-4-18)28(34)30-22-7-10-26-20(13-22)11-12-33(26)2/h3-14H,15-16H2,1-2H3,(H,30,34). The zero-order chi connectivity index (χ0) is 24.6. The lowest BCUT2D eigenvalue weighted by Gasteiger charge is -2.07. The van der Waals surface area contributed by atoms with E-state index in [1.807, 2.05) is 80.0 Å². The van der Waals surface area contributed by atoms with Crippen LogP contribution in [0.5, 0.6) is 5.75 Å². The lowest BCUT2D eigenvalue weighted by Crippen LogP contribution is -2.12. The Morgan fingerprint density at radius 2 is 1.94 bits per heavy atom. The van der Waals surface area contributed by atoms with E-state index in [2.05, 4.69) is 20.0 Å². The topological polar surface area (TPSA) is 94.5 Å². The number of aliphatic imine (C=N–C) groups is 1. The Balaban J connectivity index is 1.11. The van der Waals surface area contributed by atoms with Gasteiger partial charge in [-0.25, -0.2) is 0 Å². The number of nitrogens with one attached hydrogen (secondary N) is 1. The number of rotatable bonds is 6. The summed E-state index contributed by atoms with van der Waals surface area (Å²) < 4.78 is 12.9. The fourth-order valence-corrected chi connectivity index (χ4v) is 4.35. The van der Waals surface area contributed by atoms with Gasteiger partial charge in [0, 0.05) is 41.8 Å².